The van der Waals surface area contributed by atoms with Crippen LogP contribution in [0.4, 0.5) is 0 Å². The fourth-order valence-corrected chi connectivity index (χ4v) is 2.18. The second kappa shape index (κ2) is 9.23. The van der Waals surface area contributed by atoms with Gasteiger partial charge in [-0.05, 0) is 62.5 Å². The Morgan fingerprint density at radius 2 is 2.00 bits per heavy atom. The van der Waals surface area contributed by atoms with Crippen LogP contribution in [0.2, 0.25) is 5.02 Å². The van der Waals surface area contributed by atoms with Crippen molar-refractivity contribution in [2.45, 2.75) is 39.0 Å². The summed E-state index contributed by atoms with van der Waals surface area (Å²) in [6.45, 7) is 4.45. The maximum absolute atomic E-state index is 6.01. The quantitative estimate of drug-likeness (QED) is 0.683. The van der Waals surface area contributed by atoms with E-state index in [4.69, 9.17) is 16.3 Å². The van der Waals surface area contributed by atoms with Crippen LogP contribution in [0.15, 0.2) is 18.2 Å². The lowest BCUT2D eigenvalue weighted by molar-refractivity contribution is 0.408. The highest BCUT2D eigenvalue weighted by atomic mass is 35.5. The Bertz CT molecular complexity index is 341. The Labute approximate surface area is 116 Å². The topological polar surface area (TPSA) is 21.3 Å². The first-order valence-corrected chi connectivity index (χ1v) is 7.19. The highest BCUT2D eigenvalue weighted by molar-refractivity contribution is 6.30. The largest absolute Gasteiger partial charge is 0.496 e. The summed E-state index contributed by atoms with van der Waals surface area (Å²) >= 11 is 6.01. The molecule has 0 bridgehead atoms. The smallest absolute Gasteiger partial charge is 0.122 e. The van der Waals surface area contributed by atoms with Gasteiger partial charge in [0.05, 0.1) is 7.11 Å². The lowest BCUT2D eigenvalue weighted by Gasteiger charge is -2.09. The Hall–Kier alpha value is -0.730. The van der Waals surface area contributed by atoms with Gasteiger partial charge in [-0.2, -0.15) is 0 Å². The molecule has 0 radical (unpaired) electrons. The van der Waals surface area contributed by atoms with Crippen LogP contribution < -0.4 is 10.1 Å². The predicted octanol–water partition coefficient (Wildman–Crippen LogP) is 4.06. The van der Waals surface area contributed by atoms with E-state index in [0.717, 1.165) is 30.3 Å². The number of ether oxygens (including phenoxy) is 1. The van der Waals surface area contributed by atoms with Gasteiger partial charge in [0.2, 0.25) is 0 Å². The molecule has 102 valence electrons. The summed E-state index contributed by atoms with van der Waals surface area (Å²) in [5.74, 6) is 0.948. The van der Waals surface area contributed by atoms with Crippen LogP contribution in [0.25, 0.3) is 0 Å². The van der Waals surface area contributed by atoms with Crippen molar-refractivity contribution in [2.75, 3.05) is 20.2 Å². The molecule has 0 fully saturated rings. The monoisotopic (exact) mass is 269 g/mol. The van der Waals surface area contributed by atoms with Crippen LogP contribution in [0.1, 0.15) is 38.2 Å². The summed E-state index contributed by atoms with van der Waals surface area (Å²) in [4.78, 5) is 0. The third-order valence-corrected chi connectivity index (χ3v) is 3.20. The van der Waals surface area contributed by atoms with Gasteiger partial charge < -0.3 is 10.1 Å². The average molecular weight is 270 g/mol. The average Bonchev–Trinajstić information content (AvgIpc) is 2.38. The predicted molar refractivity (Wildman–Crippen MR) is 78.7 cm³/mol. The number of methoxy groups -OCH3 is 1. The molecule has 0 aliphatic heterocycles. The highest BCUT2D eigenvalue weighted by Crippen LogP contribution is 2.24. The zero-order chi connectivity index (χ0) is 13.2. The Morgan fingerprint density at radius 1 is 1.17 bits per heavy atom. The summed E-state index contributed by atoms with van der Waals surface area (Å²) in [6, 6.07) is 5.83. The fourth-order valence-electron chi connectivity index (χ4n) is 1.99. The molecule has 1 aromatic carbocycles. The van der Waals surface area contributed by atoms with Gasteiger partial charge in [-0.1, -0.05) is 24.9 Å². The third-order valence-electron chi connectivity index (χ3n) is 2.97. The molecule has 0 saturated carbocycles. The normalized spacial score (nSPS) is 10.6. The molecule has 0 saturated heterocycles. The third kappa shape index (κ3) is 5.74. The first kappa shape index (κ1) is 15.3. The SMILES string of the molecule is CCCNCCCCCc1cc(Cl)ccc1OC. The van der Waals surface area contributed by atoms with E-state index in [9.17, 15) is 0 Å². The van der Waals surface area contributed by atoms with Gasteiger partial charge in [0.15, 0.2) is 0 Å². The summed E-state index contributed by atoms with van der Waals surface area (Å²) < 4.78 is 5.34. The lowest BCUT2D eigenvalue weighted by Crippen LogP contribution is -2.15. The molecule has 0 aromatic heterocycles. The molecule has 1 N–H and O–H groups in total. The van der Waals surface area contributed by atoms with Crippen molar-refractivity contribution >= 4 is 11.6 Å². The van der Waals surface area contributed by atoms with Crippen LogP contribution in [-0.4, -0.2) is 20.2 Å². The summed E-state index contributed by atoms with van der Waals surface area (Å²) in [5.41, 5.74) is 1.21. The molecule has 2 nitrogen and oxygen atoms in total. The van der Waals surface area contributed by atoms with Crippen LogP contribution in [-0.2, 0) is 6.42 Å². The van der Waals surface area contributed by atoms with E-state index in [0.29, 0.717) is 0 Å². The first-order valence-electron chi connectivity index (χ1n) is 6.81. The van der Waals surface area contributed by atoms with Gasteiger partial charge in [-0.25, -0.2) is 0 Å². The standard InChI is InChI=1S/C15H24ClNO/c1-3-10-17-11-6-4-5-7-13-12-14(16)8-9-15(13)18-2/h8-9,12,17H,3-7,10-11H2,1-2H3. The highest BCUT2D eigenvalue weighted by Gasteiger charge is 2.03. The fraction of sp³-hybridized carbons (Fsp3) is 0.600. The van der Waals surface area contributed by atoms with Gasteiger partial charge in [0, 0.05) is 5.02 Å². The minimum Gasteiger partial charge on any atom is -0.496 e. The van der Waals surface area contributed by atoms with Crippen molar-refractivity contribution in [1.82, 2.24) is 5.32 Å². The zero-order valence-corrected chi connectivity index (χ0v) is 12.2. The van der Waals surface area contributed by atoms with E-state index in [-0.39, 0.29) is 0 Å². The van der Waals surface area contributed by atoms with Gasteiger partial charge in [-0.3, -0.25) is 0 Å². The van der Waals surface area contributed by atoms with Crippen molar-refractivity contribution in [3.05, 3.63) is 28.8 Å². The Kier molecular flexibility index (Phi) is 7.86. The summed E-state index contributed by atoms with van der Waals surface area (Å²) in [6.07, 6.45) is 5.91. The number of hydrogen-bond donors (Lipinski definition) is 1. The molecular formula is C15H24ClNO. The number of benzene rings is 1. The lowest BCUT2D eigenvalue weighted by atomic mass is 10.1. The second-order valence-electron chi connectivity index (χ2n) is 4.52. The molecule has 0 heterocycles. The number of rotatable bonds is 9. The molecule has 1 aromatic rings. The first-order chi connectivity index (χ1) is 8.77. The molecule has 0 unspecified atom stereocenters. The molecule has 18 heavy (non-hydrogen) atoms. The molecule has 3 heteroatoms. The Balaban J connectivity index is 2.24. The van der Waals surface area contributed by atoms with Crippen molar-refractivity contribution in [3.8, 4) is 5.75 Å². The Morgan fingerprint density at radius 3 is 2.72 bits per heavy atom. The van der Waals surface area contributed by atoms with E-state index in [1.807, 2.05) is 18.2 Å². The van der Waals surface area contributed by atoms with Crippen molar-refractivity contribution in [2.24, 2.45) is 0 Å². The number of hydrogen-bond acceptors (Lipinski definition) is 2. The molecule has 0 aliphatic rings. The van der Waals surface area contributed by atoms with Gasteiger partial charge >= 0.3 is 0 Å². The molecule has 0 atom stereocenters. The molecule has 0 aliphatic carbocycles. The molecule has 0 amide bonds. The second-order valence-corrected chi connectivity index (χ2v) is 4.95. The van der Waals surface area contributed by atoms with E-state index in [1.54, 1.807) is 7.11 Å². The summed E-state index contributed by atoms with van der Waals surface area (Å²) in [7, 11) is 1.71. The van der Waals surface area contributed by atoms with E-state index in [1.165, 1.54) is 31.2 Å². The van der Waals surface area contributed by atoms with Crippen LogP contribution in [0.5, 0.6) is 5.75 Å². The molecule has 0 spiro atoms. The number of nitrogens with one attached hydrogen (secondary N) is 1. The van der Waals surface area contributed by atoms with E-state index >= 15 is 0 Å². The van der Waals surface area contributed by atoms with Crippen LogP contribution >= 0.6 is 11.6 Å². The van der Waals surface area contributed by atoms with Gasteiger partial charge in [0.1, 0.15) is 5.75 Å². The van der Waals surface area contributed by atoms with Crippen LogP contribution in [0, 0.1) is 0 Å². The van der Waals surface area contributed by atoms with Crippen molar-refractivity contribution in [1.29, 1.82) is 0 Å². The number of unbranched alkanes of at least 4 members (excludes halogenated alkanes) is 2. The van der Waals surface area contributed by atoms with Gasteiger partial charge in [0.25, 0.3) is 0 Å². The minimum absolute atomic E-state index is 0.787. The number of halogens is 1. The summed E-state index contributed by atoms with van der Waals surface area (Å²) in [5, 5.41) is 4.21. The van der Waals surface area contributed by atoms with Crippen molar-refractivity contribution < 1.29 is 4.74 Å². The van der Waals surface area contributed by atoms with E-state index < -0.39 is 0 Å². The number of aryl methyl sites for hydroxylation is 1. The van der Waals surface area contributed by atoms with Gasteiger partial charge in [-0.15, -0.1) is 0 Å². The van der Waals surface area contributed by atoms with Crippen molar-refractivity contribution in [3.63, 3.8) is 0 Å². The minimum atomic E-state index is 0.787. The maximum atomic E-state index is 6.01. The van der Waals surface area contributed by atoms with E-state index in [2.05, 4.69) is 12.2 Å². The molecular weight excluding hydrogens is 246 g/mol. The van der Waals surface area contributed by atoms with Crippen LogP contribution in [0.3, 0.4) is 0 Å². The molecule has 1 rings (SSSR count). The zero-order valence-electron chi connectivity index (χ0n) is 11.5. The maximum Gasteiger partial charge on any atom is 0.122 e.